The van der Waals surface area contributed by atoms with Crippen LogP contribution in [0.4, 0.5) is 4.79 Å². The van der Waals surface area contributed by atoms with Crippen LogP contribution in [0, 0.1) is 5.92 Å². The Morgan fingerprint density at radius 3 is 2.86 bits per heavy atom. The standard InChI is InChI=1S/C16H27N3O2/c1-16(2,3)21-15(20)19-8-6-14(12-19)10-17-9-13-5-7-18(4)11-13/h5,7,11,14,17H,6,8-10,12H2,1-4H3. The molecule has 1 aliphatic heterocycles. The minimum atomic E-state index is -0.416. The van der Waals surface area contributed by atoms with Crippen molar-refractivity contribution in [1.29, 1.82) is 0 Å². The summed E-state index contributed by atoms with van der Waals surface area (Å²) >= 11 is 0. The minimum absolute atomic E-state index is 0.187. The van der Waals surface area contributed by atoms with E-state index in [1.807, 2.05) is 32.7 Å². The number of carbonyl (C=O) groups is 1. The number of likely N-dealkylation sites (tertiary alicyclic amines) is 1. The van der Waals surface area contributed by atoms with Crippen LogP contribution in [0.15, 0.2) is 18.5 Å². The lowest BCUT2D eigenvalue weighted by atomic mass is 10.1. The fourth-order valence-corrected chi connectivity index (χ4v) is 2.58. The SMILES string of the molecule is Cn1ccc(CNCC2CCN(C(=O)OC(C)(C)C)C2)c1. The van der Waals surface area contributed by atoms with Crippen molar-refractivity contribution in [3.8, 4) is 0 Å². The Morgan fingerprint density at radius 1 is 1.48 bits per heavy atom. The van der Waals surface area contributed by atoms with Crippen LogP contribution < -0.4 is 5.32 Å². The van der Waals surface area contributed by atoms with Crippen molar-refractivity contribution in [2.45, 2.75) is 39.3 Å². The zero-order valence-corrected chi connectivity index (χ0v) is 13.6. The molecule has 1 fully saturated rings. The first-order chi connectivity index (χ1) is 9.83. The lowest BCUT2D eigenvalue weighted by molar-refractivity contribution is 0.0288. The molecule has 0 aliphatic carbocycles. The molecule has 1 aromatic rings. The first kappa shape index (κ1) is 15.9. The summed E-state index contributed by atoms with van der Waals surface area (Å²) in [5.41, 5.74) is 0.875. The summed E-state index contributed by atoms with van der Waals surface area (Å²) in [7, 11) is 2.03. The van der Waals surface area contributed by atoms with Gasteiger partial charge in [-0.1, -0.05) is 0 Å². The Hall–Kier alpha value is -1.49. The second-order valence-corrected chi connectivity index (χ2v) is 6.90. The summed E-state index contributed by atoms with van der Waals surface area (Å²) in [5.74, 6) is 0.515. The van der Waals surface area contributed by atoms with Gasteiger partial charge < -0.3 is 19.5 Å². The van der Waals surface area contributed by atoms with Crippen LogP contribution in [0.2, 0.25) is 0 Å². The first-order valence-corrected chi connectivity index (χ1v) is 7.63. The zero-order valence-electron chi connectivity index (χ0n) is 13.6. The molecule has 5 nitrogen and oxygen atoms in total. The van der Waals surface area contributed by atoms with Crippen molar-refractivity contribution in [3.05, 3.63) is 24.0 Å². The number of ether oxygens (including phenoxy) is 1. The molecular formula is C16H27N3O2. The van der Waals surface area contributed by atoms with Gasteiger partial charge in [-0.2, -0.15) is 0 Å². The van der Waals surface area contributed by atoms with Crippen LogP contribution in [0.1, 0.15) is 32.8 Å². The molecule has 1 aromatic heterocycles. The minimum Gasteiger partial charge on any atom is -0.444 e. The Labute approximate surface area is 127 Å². The highest BCUT2D eigenvalue weighted by Gasteiger charge is 2.29. The number of aromatic nitrogens is 1. The van der Waals surface area contributed by atoms with Gasteiger partial charge in [0.2, 0.25) is 0 Å². The predicted molar refractivity (Wildman–Crippen MR) is 83.0 cm³/mol. The summed E-state index contributed by atoms with van der Waals surface area (Å²) < 4.78 is 7.46. The van der Waals surface area contributed by atoms with Crippen molar-refractivity contribution in [2.75, 3.05) is 19.6 Å². The monoisotopic (exact) mass is 293 g/mol. The van der Waals surface area contributed by atoms with E-state index < -0.39 is 5.60 Å². The van der Waals surface area contributed by atoms with E-state index in [0.717, 1.165) is 32.6 Å². The van der Waals surface area contributed by atoms with Crippen LogP contribution in [0.3, 0.4) is 0 Å². The molecule has 1 atom stereocenters. The van der Waals surface area contributed by atoms with E-state index in [0.29, 0.717) is 5.92 Å². The Morgan fingerprint density at radius 2 is 2.24 bits per heavy atom. The molecular weight excluding hydrogens is 266 g/mol. The van der Waals surface area contributed by atoms with E-state index in [2.05, 4.69) is 28.3 Å². The average Bonchev–Trinajstić information content (AvgIpc) is 2.97. The predicted octanol–water partition coefficient (Wildman–Crippen LogP) is 2.37. The number of hydrogen-bond donors (Lipinski definition) is 1. The van der Waals surface area contributed by atoms with E-state index in [4.69, 9.17) is 4.74 Å². The largest absolute Gasteiger partial charge is 0.444 e. The van der Waals surface area contributed by atoms with Gasteiger partial charge in [-0.15, -0.1) is 0 Å². The normalized spacial score (nSPS) is 19.0. The molecule has 0 saturated carbocycles. The number of amides is 1. The van der Waals surface area contributed by atoms with Crippen LogP contribution in [-0.4, -0.2) is 40.8 Å². The third-order valence-electron chi connectivity index (χ3n) is 3.59. The molecule has 1 unspecified atom stereocenters. The average molecular weight is 293 g/mol. The lowest BCUT2D eigenvalue weighted by Crippen LogP contribution is -2.36. The maximum atomic E-state index is 12.0. The Kier molecular flexibility index (Phi) is 4.93. The number of carbonyl (C=O) groups excluding carboxylic acids is 1. The number of rotatable bonds is 4. The van der Waals surface area contributed by atoms with Crippen LogP contribution >= 0.6 is 0 Å². The van der Waals surface area contributed by atoms with E-state index in [-0.39, 0.29) is 6.09 Å². The topological polar surface area (TPSA) is 46.5 Å². The first-order valence-electron chi connectivity index (χ1n) is 7.63. The molecule has 0 aromatic carbocycles. The lowest BCUT2D eigenvalue weighted by Gasteiger charge is -2.24. The molecule has 21 heavy (non-hydrogen) atoms. The summed E-state index contributed by atoms with van der Waals surface area (Å²) in [4.78, 5) is 13.8. The van der Waals surface area contributed by atoms with Gasteiger partial charge in [0, 0.05) is 45.6 Å². The molecule has 2 rings (SSSR count). The fourth-order valence-electron chi connectivity index (χ4n) is 2.58. The van der Waals surface area contributed by atoms with E-state index in [1.165, 1.54) is 5.56 Å². The van der Waals surface area contributed by atoms with Gasteiger partial charge in [-0.05, 0) is 44.7 Å². The van der Waals surface area contributed by atoms with Crippen LogP contribution in [0.5, 0.6) is 0 Å². The molecule has 1 aliphatic rings. The Bertz CT molecular complexity index is 476. The second-order valence-electron chi connectivity index (χ2n) is 6.90. The molecule has 1 amide bonds. The van der Waals surface area contributed by atoms with Crippen molar-refractivity contribution < 1.29 is 9.53 Å². The zero-order chi connectivity index (χ0) is 15.5. The number of nitrogens with zero attached hydrogens (tertiary/aromatic N) is 2. The van der Waals surface area contributed by atoms with Crippen molar-refractivity contribution in [1.82, 2.24) is 14.8 Å². The molecule has 5 heteroatoms. The molecule has 0 radical (unpaired) electrons. The highest BCUT2D eigenvalue weighted by Crippen LogP contribution is 2.19. The van der Waals surface area contributed by atoms with Crippen LogP contribution in [-0.2, 0) is 18.3 Å². The maximum absolute atomic E-state index is 12.0. The van der Waals surface area contributed by atoms with Gasteiger partial charge in [-0.25, -0.2) is 4.79 Å². The number of hydrogen-bond acceptors (Lipinski definition) is 3. The quantitative estimate of drug-likeness (QED) is 0.927. The van der Waals surface area contributed by atoms with Crippen LogP contribution in [0.25, 0.3) is 0 Å². The highest BCUT2D eigenvalue weighted by atomic mass is 16.6. The van der Waals surface area contributed by atoms with Gasteiger partial charge in [0.25, 0.3) is 0 Å². The molecule has 0 spiro atoms. The smallest absolute Gasteiger partial charge is 0.410 e. The van der Waals surface area contributed by atoms with Gasteiger partial charge in [0.15, 0.2) is 0 Å². The van der Waals surface area contributed by atoms with Gasteiger partial charge >= 0.3 is 6.09 Å². The van der Waals surface area contributed by atoms with Gasteiger partial charge in [-0.3, -0.25) is 0 Å². The summed E-state index contributed by atoms with van der Waals surface area (Å²) in [6.07, 6.45) is 5.03. The molecule has 1 N–H and O–H groups in total. The summed E-state index contributed by atoms with van der Waals surface area (Å²) in [5, 5.41) is 3.47. The van der Waals surface area contributed by atoms with Crippen molar-refractivity contribution >= 4 is 6.09 Å². The third kappa shape index (κ3) is 5.08. The maximum Gasteiger partial charge on any atom is 0.410 e. The second kappa shape index (κ2) is 6.52. The fraction of sp³-hybridized carbons (Fsp3) is 0.688. The molecule has 0 bridgehead atoms. The van der Waals surface area contributed by atoms with Gasteiger partial charge in [0.05, 0.1) is 0 Å². The number of nitrogens with one attached hydrogen (secondary N) is 1. The third-order valence-corrected chi connectivity index (χ3v) is 3.59. The molecule has 2 heterocycles. The van der Waals surface area contributed by atoms with E-state index in [1.54, 1.807) is 0 Å². The highest BCUT2D eigenvalue weighted by molar-refractivity contribution is 5.68. The van der Waals surface area contributed by atoms with Crippen molar-refractivity contribution in [3.63, 3.8) is 0 Å². The Balaban J connectivity index is 1.69. The summed E-state index contributed by atoms with van der Waals surface area (Å²) in [6, 6.07) is 2.12. The van der Waals surface area contributed by atoms with E-state index in [9.17, 15) is 4.79 Å². The molecule has 118 valence electrons. The van der Waals surface area contributed by atoms with Gasteiger partial charge in [0.1, 0.15) is 5.60 Å². The van der Waals surface area contributed by atoms with Crippen molar-refractivity contribution in [2.24, 2.45) is 13.0 Å². The van der Waals surface area contributed by atoms with E-state index >= 15 is 0 Å². The number of aryl methyl sites for hydroxylation is 1. The summed E-state index contributed by atoms with van der Waals surface area (Å²) in [6.45, 7) is 9.11. The molecule has 1 saturated heterocycles.